The fourth-order valence-corrected chi connectivity index (χ4v) is 4.91. The van der Waals surface area contributed by atoms with E-state index in [2.05, 4.69) is 32.7 Å². The van der Waals surface area contributed by atoms with Gasteiger partial charge in [-0.15, -0.1) is 0 Å². The fourth-order valence-electron chi connectivity index (χ4n) is 4.78. The number of hydrogen-bond donors (Lipinski definition) is 5. The summed E-state index contributed by atoms with van der Waals surface area (Å²) in [4.78, 5) is 35.2. The van der Waals surface area contributed by atoms with Crippen molar-refractivity contribution in [2.75, 3.05) is 31.1 Å². The van der Waals surface area contributed by atoms with Crippen LogP contribution in [0.15, 0.2) is 60.7 Å². The zero-order valence-corrected chi connectivity index (χ0v) is 22.4. The number of rotatable bonds is 8. The Balaban J connectivity index is 1.38. The van der Waals surface area contributed by atoms with Crippen LogP contribution in [0.25, 0.3) is 0 Å². The molecular weight excluding hydrogens is 516 g/mol. The van der Waals surface area contributed by atoms with Crippen LogP contribution in [0, 0.1) is 10.8 Å². The van der Waals surface area contributed by atoms with Crippen molar-refractivity contribution in [3.63, 3.8) is 0 Å². The molecule has 7 N–H and O–H groups in total. The lowest BCUT2D eigenvalue weighted by atomic mass is 9.74. The largest absolute Gasteiger partial charge is 0.382 e. The van der Waals surface area contributed by atoms with Gasteiger partial charge in [0.05, 0.1) is 6.42 Å². The molecule has 1 fully saturated rings. The Morgan fingerprint density at radius 2 is 1.56 bits per heavy atom. The summed E-state index contributed by atoms with van der Waals surface area (Å²) in [5.74, 6) is -1.02. The molecule has 0 radical (unpaired) electrons. The SMILES string of the molecule is N=C(NCC1(CCc2ccccc2)CCN(C(=O)Cc2ccccc2)CC1)NC(=O)c1nc(Cl)c(N)nc1N. The number of carbonyl (C=O) groups is 2. The second-order valence-electron chi connectivity index (χ2n) is 9.84. The molecule has 2 amide bonds. The molecule has 1 saturated heterocycles. The first-order valence-electron chi connectivity index (χ1n) is 12.8. The van der Waals surface area contributed by atoms with Crippen LogP contribution in [0.2, 0.25) is 5.15 Å². The summed E-state index contributed by atoms with van der Waals surface area (Å²) in [6, 6.07) is 20.0. The molecule has 2 aromatic carbocycles. The van der Waals surface area contributed by atoms with Gasteiger partial charge < -0.3 is 21.7 Å². The van der Waals surface area contributed by atoms with E-state index in [1.807, 2.05) is 53.4 Å². The number of piperidine rings is 1. The highest BCUT2D eigenvalue weighted by Crippen LogP contribution is 2.36. The Morgan fingerprint density at radius 1 is 0.949 bits per heavy atom. The van der Waals surface area contributed by atoms with Crippen molar-refractivity contribution >= 4 is 41.0 Å². The smallest absolute Gasteiger partial charge is 0.280 e. The molecule has 39 heavy (non-hydrogen) atoms. The summed E-state index contributed by atoms with van der Waals surface area (Å²) in [6.07, 6.45) is 3.68. The number of aromatic nitrogens is 2. The van der Waals surface area contributed by atoms with Crippen LogP contribution >= 0.6 is 11.6 Å². The highest BCUT2D eigenvalue weighted by Gasteiger charge is 2.36. The van der Waals surface area contributed by atoms with Crippen molar-refractivity contribution in [2.24, 2.45) is 5.41 Å². The minimum absolute atomic E-state index is 0.0760. The van der Waals surface area contributed by atoms with Crippen molar-refractivity contribution in [1.82, 2.24) is 25.5 Å². The van der Waals surface area contributed by atoms with Crippen LogP contribution in [-0.4, -0.2) is 52.3 Å². The maximum atomic E-state index is 12.9. The molecule has 0 unspecified atom stereocenters. The van der Waals surface area contributed by atoms with Crippen LogP contribution in [0.4, 0.5) is 11.6 Å². The van der Waals surface area contributed by atoms with Crippen molar-refractivity contribution < 1.29 is 9.59 Å². The number of carbonyl (C=O) groups excluding carboxylic acids is 2. The van der Waals surface area contributed by atoms with Gasteiger partial charge in [0.1, 0.15) is 0 Å². The average molecular weight is 549 g/mol. The quantitative estimate of drug-likeness (QED) is 0.213. The van der Waals surface area contributed by atoms with Gasteiger partial charge in [-0.1, -0.05) is 72.3 Å². The van der Waals surface area contributed by atoms with Crippen LogP contribution < -0.4 is 22.1 Å². The van der Waals surface area contributed by atoms with Gasteiger partial charge in [0.2, 0.25) is 5.91 Å². The van der Waals surface area contributed by atoms with Gasteiger partial charge in [0, 0.05) is 19.6 Å². The maximum absolute atomic E-state index is 12.9. The van der Waals surface area contributed by atoms with Gasteiger partial charge in [-0.2, -0.15) is 0 Å². The number of nitrogens with zero attached hydrogens (tertiary/aromatic N) is 3. The van der Waals surface area contributed by atoms with Crippen LogP contribution in [0.5, 0.6) is 0 Å². The van der Waals surface area contributed by atoms with E-state index in [0.717, 1.165) is 31.2 Å². The summed E-state index contributed by atoms with van der Waals surface area (Å²) in [7, 11) is 0. The number of likely N-dealkylation sites (tertiary alicyclic amines) is 1. The summed E-state index contributed by atoms with van der Waals surface area (Å²) in [5.41, 5.74) is 13.2. The highest BCUT2D eigenvalue weighted by atomic mass is 35.5. The van der Waals surface area contributed by atoms with Crippen molar-refractivity contribution in [3.05, 3.63) is 82.6 Å². The molecule has 3 aromatic rings. The maximum Gasteiger partial charge on any atom is 0.280 e. The van der Waals surface area contributed by atoms with E-state index in [-0.39, 0.29) is 39.8 Å². The van der Waals surface area contributed by atoms with E-state index in [1.165, 1.54) is 5.56 Å². The van der Waals surface area contributed by atoms with E-state index in [1.54, 1.807) is 0 Å². The third-order valence-corrected chi connectivity index (χ3v) is 7.44. The zero-order chi connectivity index (χ0) is 27.8. The number of benzene rings is 2. The third-order valence-electron chi connectivity index (χ3n) is 7.16. The van der Waals surface area contributed by atoms with Gasteiger partial charge >= 0.3 is 0 Å². The molecule has 1 aliphatic rings. The lowest BCUT2D eigenvalue weighted by molar-refractivity contribution is -0.132. The Hall–Kier alpha value is -4.18. The first-order valence-corrected chi connectivity index (χ1v) is 13.2. The Kier molecular flexibility index (Phi) is 8.98. The lowest BCUT2D eigenvalue weighted by Gasteiger charge is -2.42. The van der Waals surface area contributed by atoms with Crippen LogP contribution in [0.1, 0.15) is 40.9 Å². The van der Waals surface area contributed by atoms with E-state index in [9.17, 15) is 9.59 Å². The second kappa shape index (κ2) is 12.6. The number of hydrogen-bond acceptors (Lipinski definition) is 7. The lowest BCUT2D eigenvalue weighted by Crippen LogP contribution is -2.50. The molecule has 1 aliphatic heterocycles. The third kappa shape index (κ3) is 7.44. The molecule has 0 spiro atoms. The molecule has 2 heterocycles. The van der Waals surface area contributed by atoms with Crippen LogP contribution in [-0.2, 0) is 17.6 Å². The van der Waals surface area contributed by atoms with Crippen molar-refractivity contribution in [3.8, 4) is 0 Å². The van der Waals surface area contributed by atoms with Gasteiger partial charge in [0.15, 0.2) is 28.4 Å². The number of aryl methyl sites for hydroxylation is 1. The van der Waals surface area contributed by atoms with Gasteiger partial charge in [-0.3, -0.25) is 20.3 Å². The Morgan fingerprint density at radius 3 is 2.21 bits per heavy atom. The summed E-state index contributed by atoms with van der Waals surface area (Å²) < 4.78 is 0. The van der Waals surface area contributed by atoms with E-state index in [4.69, 9.17) is 28.5 Å². The van der Waals surface area contributed by atoms with Gasteiger partial charge in [-0.25, -0.2) is 9.97 Å². The molecule has 11 heteroatoms. The van der Waals surface area contributed by atoms with E-state index >= 15 is 0 Å². The normalized spacial score (nSPS) is 14.4. The van der Waals surface area contributed by atoms with Gasteiger partial charge in [-0.05, 0) is 42.2 Å². The van der Waals surface area contributed by atoms with E-state index < -0.39 is 5.91 Å². The van der Waals surface area contributed by atoms with Crippen LogP contribution in [0.3, 0.4) is 0 Å². The number of anilines is 2. The first-order chi connectivity index (χ1) is 18.7. The first kappa shape index (κ1) is 27.8. The molecular formula is C28H33ClN8O2. The number of nitrogens with two attached hydrogens (primary N) is 2. The summed E-state index contributed by atoms with van der Waals surface area (Å²) in [5, 5.41) is 13.7. The average Bonchev–Trinajstić information content (AvgIpc) is 2.94. The second-order valence-corrected chi connectivity index (χ2v) is 10.2. The predicted molar refractivity (Wildman–Crippen MR) is 152 cm³/mol. The van der Waals surface area contributed by atoms with E-state index in [0.29, 0.717) is 26.1 Å². The number of guanidine groups is 1. The van der Waals surface area contributed by atoms with Gasteiger partial charge in [0.25, 0.3) is 5.91 Å². The molecule has 0 saturated carbocycles. The standard InChI is InChI=1S/C28H33ClN8O2/c29-23-25(31)35-24(30)22(34-23)26(39)36-27(32)33-18-28(12-11-19-7-3-1-4-8-19)13-15-37(16-14-28)21(38)17-20-9-5-2-6-10-20/h1-10H,11-18H2,(H4,30,31,35)(H3,32,33,36,39). The molecule has 0 bridgehead atoms. The molecule has 0 atom stereocenters. The fraction of sp³-hybridized carbons (Fsp3) is 0.321. The number of halogens is 1. The van der Waals surface area contributed by atoms with Crippen molar-refractivity contribution in [2.45, 2.75) is 32.1 Å². The molecule has 0 aliphatic carbocycles. The minimum atomic E-state index is -0.709. The predicted octanol–water partition coefficient (Wildman–Crippen LogP) is 3.03. The summed E-state index contributed by atoms with van der Waals surface area (Å²) in [6.45, 7) is 1.74. The minimum Gasteiger partial charge on any atom is -0.382 e. The monoisotopic (exact) mass is 548 g/mol. The zero-order valence-electron chi connectivity index (χ0n) is 21.6. The Bertz CT molecular complexity index is 1310. The summed E-state index contributed by atoms with van der Waals surface area (Å²) >= 11 is 5.88. The molecule has 204 valence electrons. The molecule has 10 nitrogen and oxygen atoms in total. The molecule has 4 rings (SSSR count). The van der Waals surface area contributed by atoms with Crippen molar-refractivity contribution in [1.29, 1.82) is 5.41 Å². The number of amides is 2. The highest BCUT2D eigenvalue weighted by molar-refractivity contribution is 6.31. The topological polar surface area (TPSA) is 163 Å². The number of nitrogen functional groups attached to an aromatic ring is 2. The Labute approximate surface area is 232 Å². The number of nitrogens with one attached hydrogen (secondary N) is 3. The molecule has 1 aromatic heterocycles.